The van der Waals surface area contributed by atoms with Gasteiger partial charge in [-0.15, -0.1) is 0 Å². The third-order valence-electron chi connectivity index (χ3n) is 3.85. The minimum absolute atomic E-state index is 0.0566. The monoisotopic (exact) mass is 288 g/mol. The van der Waals surface area contributed by atoms with Crippen molar-refractivity contribution in [2.75, 3.05) is 11.4 Å². The molecule has 0 saturated carbocycles. The minimum Gasteiger partial charge on any atom is -0.508 e. The molecule has 2 heterocycles. The van der Waals surface area contributed by atoms with E-state index in [9.17, 15) is 15.2 Å². The van der Waals surface area contributed by atoms with Gasteiger partial charge in [-0.1, -0.05) is 6.07 Å². The molecule has 1 aliphatic rings. The molecule has 2 aromatic rings. The number of hydrogen-bond donors (Lipinski definition) is 1. The molecule has 0 fully saturated rings. The van der Waals surface area contributed by atoms with Gasteiger partial charge in [0.15, 0.2) is 0 Å². The van der Waals surface area contributed by atoms with Crippen molar-refractivity contribution in [2.45, 2.75) is 19.9 Å². The Kier molecular flexibility index (Phi) is 3.04. The van der Waals surface area contributed by atoms with Crippen molar-refractivity contribution >= 4 is 11.5 Å². The molecule has 1 N–H and O–H groups in total. The Bertz CT molecular complexity index is 723. The summed E-state index contributed by atoms with van der Waals surface area (Å²) in [7, 11) is 1.72. The van der Waals surface area contributed by atoms with Crippen LogP contribution in [0, 0.1) is 17.0 Å². The number of fused-ring (bicyclic) bond motifs is 1. The maximum absolute atomic E-state index is 11.3. The minimum atomic E-state index is -0.379. The number of hydrogen-bond acceptors (Lipinski definition) is 5. The van der Waals surface area contributed by atoms with Crippen molar-refractivity contribution < 1.29 is 10.0 Å². The van der Waals surface area contributed by atoms with Crippen LogP contribution in [0.25, 0.3) is 0 Å². The molecule has 1 aromatic carbocycles. The Morgan fingerprint density at radius 2 is 2.14 bits per heavy atom. The van der Waals surface area contributed by atoms with E-state index < -0.39 is 0 Å². The molecule has 0 saturated heterocycles. The summed E-state index contributed by atoms with van der Waals surface area (Å²) in [5.41, 5.74) is 2.64. The molecule has 7 nitrogen and oxygen atoms in total. The van der Waals surface area contributed by atoms with Gasteiger partial charge in [0, 0.05) is 20.1 Å². The maximum atomic E-state index is 11.3. The highest BCUT2D eigenvalue weighted by Gasteiger charge is 2.30. The molecule has 0 bridgehead atoms. The summed E-state index contributed by atoms with van der Waals surface area (Å²) in [4.78, 5) is 12.8. The van der Waals surface area contributed by atoms with Crippen molar-refractivity contribution in [2.24, 2.45) is 7.05 Å². The summed E-state index contributed by atoms with van der Waals surface area (Å²) in [6.07, 6.45) is 0.789. The number of rotatable bonds is 2. The third kappa shape index (κ3) is 2.20. The number of phenols is 1. The van der Waals surface area contributed by atoms with Crippen molar-refractivity contribution in [1.82, 2.24) is 9.78 Å². The molecule has 1 aliphatic heterocycles. The second-order valence-corrected chi connectivity index (χ2v) is 5.26. The van der Waals surface area contributed by atoms with Crippen LogP contribution in [0.2, 0.25) is 0 Å². The Morgan fingerprint density at radius 1 is 1.38 bits per heavy atom. The zero-order valence-electron chi connectivity index (χ0n) is 11.9. The summed E-state index contributed by atoms with van der Waals surface area (Å²) < 4.78 is 1.56. The Labute approximate surface area is 121 Å². The molecule has 110 valence electrons. The first-order valence-electron chi connectivity index (χ1n) is 6.71. The summed E-state index contributed by atoms with van der Waals surface area (Å²) in [6.45, 7) is 2.87. The summed E-state index contributed by atoms with van der Waals surface area (Å²) in [6, 6.07) is 5.30. The lowest BCUT2D eigenvalue weighted by Gasteiger charge is -2.29. The Morgan fingerprint density at radius 3 is 2.86 bits per heavy atom. The smallest absolute Gasteiger partial charge is 0.333 e. The third-order valence-corrected chi connectivity index (χ3v) is 3.85. The standard InChI is InChI=1S/C14H16N4O3/c1-9-13(18(20)21)14(16(2)15-9)17-6-5-10-3-4-12(19)7-11(10)8-17/h3-4,7,19H,5-6,8H2,1-2H3. The van der Waals surface area contributed by atoms with Crippen molar-refractivity contribution in [3.8, 4) is 5.75 Å². The summed E-state index contributed by atoms with van der Waals surface area (Å²) >= 11 is 0. The lowest BCUT2D eigenvalue weighted by Crippen LogP contribution is -2.32. The van der Waals surface area contributed by atoms with E-state index in [1.807, 2.05) is 11.0 Å². The van der Waals surface area contributed by atoms with Crippen LogP contribution < -0.4 is 4.90 Å². The van der Waals surface area contributed by atoms with Crippen LogP contribution >= 0.6 is 0 Å². The van der Waals surface area contributed by atoms with Gasteiger partial charge in [0.25, 0.3) is 0 Å². The predicted octanol–water partition coefficient (Wildman–Crippen LogP) is 1.91. The lowest BCUT2D eigenvalue weighted by molar-refractivity contribution is -0.384. The van der Waals surface area contributed by atoms with Crippen LogP contribution in [-0.2, 0) is 20.0 Å². The average molecular weight is 288 g/mol. The molecule has 0 atom stereocenters. The number of aromatic hydroxyl groups is 1. The van der Waals surface area contributed by atoms with Crippen LogP contribution in [0.1, 0.15) is 16.8 Å². The summed E-state index contributed by atoms with van der Waals surface area (Å²) in [5.74, 6) is 0.734. The number of phenolic OH excluding ortho intramolecular Hbond substituents is 1. The quantitative estimate of drug-likeness (QED) is 0.674. The van der Waals surface area contributed by atoms with Gasteiger partial charge in [-0.25, -0.2) is 4.68 Å². The van der Waals surface area contributed by atoms with Gasteiger partial charge in [-0.3, -0.25) is 10.1 Å². The molecule has 1 aromatic heterocycles. The molecule has 0 spiro atoms. The molecule has 0 radical (unpaired) electrons. The van der Waals surface area contributed by atoms with E-state index in [0.717, 1.165) is 12.0 Å². The average Bonchev–Trinajstić information content (AvgIpc) is 2.72. The number of nitro groups is 1. The number of aryl methyl sites for hydroxylation is 2. The largest absolute Gasteiger partial charge is 0.508 e. The van der Waals surface area contributed by atoms with Gasteiger partial charge < -0.3 is 10.0 Å². The van der Waals surface area contributed by atoms with E-state index in [1.165, 1.54) is 5.56 Å². The SMILES string of the molecule is Cc1nn(C)c(N2CCc3ccc(O)cc3C2)c1[N+](=O)[O-]. The van der Waals surface area contributed by atoms with Gasteiger partial charge in [-0.2, -0.15) is 5.10 Å². The van der Waals surface area contributed by atoms with Gasteiger partial charge >= 0.3 is 5.69 Å². The summed E-state index contributed by atoms with van der Waals surface area (Å²) in [5, 5.41) is 25.1. The second-order valence-electron chi connectivity index (χ2n) is 5.26. The highest BCUT2D eigenvalue weighted by Crippen LogP contribution is 2.34. The molecule has 0 amide bonds. The zero-order chi connectivity index (χ0) is 15.1. The van der Waals surface area contributed by atoms with Crippen LogP contribution in [0.4, 0.5) is 11.5 Å². The number of aromatic nitrogens is 2. The van der Waals surface area contributed by atoms with E-state index in [4.69, 9.17) is 0 Å². The van der Waals surface area contributed by atoms with Gasteiger partial charge in [0.1, 0.15) is 11.4 Å². The van der Waals surface area contributed by atoms with Crippen LogP contribution in [-0.4, -0.2) is 26.4 Å². The maximum Gasteiger partial charge on any atom is 0.333 e. The molecule has 3 rings (SSSR count). The van der Waals surface area contributed by atoms with Crippen LogP contribution in [0.15, 0.2) is 18.2 Å². The Hall–Kier alpha value is -2.57. The molecule has 7 heteroatoms. The van der Waals surface area contributed by atoms with E-state index in [2.05, 4.69) is 5.10 Å². The first-order chi connectivity index (χ1) is 9.97. The van der Waals surface area contributed by atoms with Gasteiger partial charge in [-0.05, 0) is 36.6 Å². The fraction of sp³-hybridized carbons (Fsp3) is 0.357. The van der Waals surface area contributed by atoms with E-state index in [-0.39, 0.29) is 16.4 Å². The fourth-order valence-corrected chi connectivity index (χ4v) is 2.93. The first-order valence-corrected chi connectivity index (χ1v) is 6.71. The highest BCUT2D eigenvalue weighted by molar-refractivity contribution is 5.62. The van der Waals surface area contributed by atoms with Crippen molar-refractivity contribution in [3.05, 3.63) is 45.1 Å². The molecular weight excluding hydrogens is 272 g/mol. The molecule has 21 heavy (non-hydrogen) atoms. The van der Waals surface area contributed by atoms with Crippen LogP contribution in [0.5, 0.6) is 5.75 Å². The fourth-order valence-electron chi connectivity index (χ4n) is 2.93. The number of nitrogens with zero attached hydrogens (tertiary/aromatic N) is 4. The normalized spacial score (nSPS) is 14.1. The Balaban J connectivity index is 2.02. The molecule has 0 aliphatic carbocycles. The van der Waals surface area contributed by atoms with E-state index >= 15 is 0 Å². The van der Waals surface area contributed by atoms with Gasteiger partial charge in [0.05, 0.1) is 4.92 Å². The number of benzene rings is 1. The molecule has 0 unspecified atom stereocenters. The molecular formula is C14H16N4O3. The second kappa shape index (κ2) is 4.76. The lowest BCUT2D eigenvalue weighted by atomic mass is 9.99. The van der Waals surface area contributed by atoms with Crippen molar-refractivity contribution in [3.63, 3.8) is 0 Å². The van der Waals surface area contributed by atoms with E-state index in [0.29, 0.717) is 24.6 Å². The predicted molar refractivity (Wildman–Crippen MR) is 77.5 cm³/mol. The number of anilines is 1. The van der Waals surface area contributed by atoms with Gasteiger partial charge in [0.2, 0.25) is 5.82 Å². The highest BCUT2D eigenvalue weighted by atomic mass is 16.6. The van der Waals surface area contributed by atoms with Crippen LogP contribution in [0.3, 0.4) is 0 Å². The zero-order valence-corrected chi connectivity index (χ0v) is 11.9. The van der Waals surface area contributed by atoms with E-state index in [1.54, 1.807) is 30.8 Å². The topological polar surface area (TPSA) is 84.4 Å². The van der Waals surface area contributed by atoms with Crippen molar-refractivity contribution in [1.29, 1.82) is 0 Å². The first kappa shape index (κ1) is 13.4.